The lowest BCUT2D eigenvalue weighted by molar-refractivity contribution is -0.148. The number of carbonyl (C=O) groups excluding carboxylic acids is 2. The van der Waals surface area contributed by atoms with E-state index in [0.29, 0.717) is 29.3 Å². The molecule has 5 fully saturated rings. The number of amides is 2. The Kier molecular flexibility index (Phi) is 4.97. The fourth-order valence-electron chi connectivity index (χ4n) is 6.90. The van der Waals surface area contributed by atoms with Crippen LogP contribution in [0.25, 0.3) is 0 Å². The summed E-state index contributed by atoms with van der Waals surface area (Å²) in [6, 6.07) is 4.77. The first kappa shape index (κ1) is 22.2. The summed E-state index contributed by atoms with van der Waals surface area (Å²) in [7, 11) is -2.40. The number of halogens is 1. The molecule has 174 valence electrons. The van der Waals surface area contributed by atoms with Crippen molar-refractivity contribution in [3.05, 3.63) is 28.8 Å². The van der Waals surface area contributed by atoms with Gasteiger partial charge in [-0.3, -0.25) is 9.59 Å². The minimum atomic E-state index is -3.89. The highest BCUT2D eigenvalue weighted by Gasteiger charge is 2.61. The fraction of sp³-hybridized carbons (Fsp3) is 0.652. The molecule has 1 aromatic rings. The summed E-state index contributed by atoms with van der Waals surface area (Å²) in [5, 5.41) is 3.61. The summed E-state index contributed by atoms with van der Waals surface area (Å²) in [6.07, 6.45) is 5.30. The van der Waals surface area contributed by atoms with Crippen molar-refractivity contribution < 1.29 is 18.0 Å². The normalized spacial score (nSPS) is 34.5. The van der Waals surface area contributed by atoms with Crippen LogP contribution in [-0.4, -0.2) is 43.2 Å². The van der Waals surface area contributed by atoms with Crippen LogP contribution in [0.3, 0.4) is 0 Å². The van der Waals surface area contributed by atoms with Gasteiger partial charge < -0.3 is 11.1 Å². The van der Waals surface area contributed by atoms with Crippen LogP contribution in [0.5, 0.6) is 0 Å². The Morgan fingerprint density at radius 2 is 1.78 bits per heavy atom. The van der Waals surface area contributed by atoms with Crippen molar-refractivity contribution in [2.45, 2.75) is 68.3 Å². The highest BCUT2D eigenvalue weighted by atomic mass is 35.5. The first-order valence-electron chi connectivity index (χ1n) is 11.4. The highest BCUT2D eigenvalue weighted by Crippen LogP contribution is 2.60. The van der Waals surface area contributed by atoms with E-state index in [9.17, 15) is 18.0 Å². The number of primary amides is 1. The van der Waals surface area contributed by atoms with Crippen molar-refractivity contribution in [1.29, 1.82) is 0 Å². The van der Waals surface area contributed by atoms with Crippen molar-refractivity contribution in [2.75, 3.05) is 7.05 Å². The Morgan fingerprint density at radius 3 is 2.34 bits per heavy atom. The molecule has 32 heavy (non-hydrogen) atoms. The SMILES string of the molecule is Cc1c(Cl)cccc1S(=O)(=O)N(C)C1(C(=O)NC2C3CC4CC2CC(C(N)=O)(C4)C3)CC1. The van der Waals surface area contributed by atoms with Crippen molar-refractivity contribution >= 4 is 33.4 Å². The van der Waals surface area contributed by atoms with E-state index < -0.39 is 21.0 Å². The van der Waals surface area contributed by atoms with Gasteiger partial charge in [0.2, 0.25) is 21.8 Å². The van der Waals surface area contributed by atoms with Crippen molar-refractivity contribution in [1.82, 2.24) is 9.62 Å². The number of likely N-dealkylation sites (N-methyl/N-ethyl adjacent to an activating group) is 1. The van der Waals surface area contributed by atoms with E-state index in [1.54, 1.807) is 19.1 Å². The number of nitrogens with zero attached hydrogens (tertiary/aromatic N) is 1. The minimum absolute atomic E-state index is 0.0204. The van der Waals surface area contributed by atoms with Crippen molar-refractivity contribution in [3.8, 4) is 0 Å². The van der Waals surface area contributed by atoms with Gasteiger partial charge in [-0.1, -0.05) is 17.7 Å². The zero-order valence-corrected chi connectivity index (χ0v) is 20.0. The maximum absolute atomic E-state index is 13.5. The number of nitrogens with one attached hydrogen (secondary N) is 1. The Hall–Kier alpha value is -1.64. The van der Waals surface area contributed by atoms with E-state index >= 15 is 0 Å². The predicted molar refractivity (Wildman–Crippen MR) is 120 cm³/mol. The minimum Gasteiger partial charge on any atom is -0.369 e. The predicted octanol–water partition coefficient (Wildman–Crippen LogP) is 2.60. The summed E-state index contributed by atoms with van der Waals surface area (Å²) in [6.45, 7) is 1.67. The molecule has 2 amide bonds. The van der Waals surface area contributed by atoms with Gasteiger partial charge in [0.05, 0.1) is 4.90 Å². The molecule has 3 N–H and O–H groups in total. The lowest BCUT2D eigenvalue weighted by Crippen LogP contribution is -2.64. The first-order chi connectivity index (χ1) is 15.0. The number of hydrogen-bond acceptors (Lipinski definition) is 4. The van der Waals surface area contributed by atoms with E-state index in [1.807, 2.05) is 0 Å². The summed E-state index contributed by atoms with van der Waals surface area (Å²) in [4.78, 5) is 25.8. The molecule has 2 unspecified atom stereocenters. The molecule has 1 aromatic carbocycles. The summed E-state index contributed by atoms with van der Waals surface area (Å²) >= 11 is 6.15. The molecule has 5 saturated carbocycles. The van der Waals surface area contributed by atoms with Gasteiger partial charge in [-0.25, -0.2) is 8.42 Å². The molecule has 9 heteroatoms. The third-order valence-corrected chi connectivity index (χ3v) is 11.2. The third kappa shape index (κ3) is 3.13. The van der Waals surface area contributed by atoms with Crippen LogP contribution in [0, 0.1) is 30.1 Å². The monoisotopic (exact) mass is 479 g/mol. The molecule has 0 aromatic heterocycles. The van der Waals surface area contributed by atoms with E-state index in [4.69, 9.17) is 17.3 Å². The Balaban J connectivity index is 1.36. The number of rotatable bonds is 6. The molecule has 5 aliphatic rings. The number of sulfonamides is 1. The first-order valence-corrected chi connectivity index (χ1v) is 13.2. The summed E-state index contributed by atoms with van der Waals surface area (Å²) in [5.74, 6) is 0.519. The quantitative estimate of drug-likeness (QED) is 0.653. The smallest absolute Gasteiger partial charge is 0.244 e. The van der Waals surface area contributed by atoms with Crippen molar-refractivity contribution in [2.24, 2.45) is 28.9 Å². The van der Waals surface area contributed by atoms with Crippen LogP contribution in [0.15, 0.2) is 23.1 Å². The van der Waals surface area contributed by atoms with E-state index in [2.05, 4.69) is 5.32 Å². The number of benzene rings is 1. The van der Waals surface area contributed by atoms with Crippen LogP contribution >= 0.6 is 11.6 Å². The third-order valence-electron chi connectivity index (χ3n) is 8.70. The van der Waals surface area contributed by atoms with Gasteiger partial charge in [0.1, 0.15) is 5.54 Å². The Labute approximate surface area is 194 Å². The van der Waals surface area contributed by atoms with Crippen LogP contribution < -0.4 is 11.1 Å². The molecular formula is C23H30ClN3O4S. The van der Waals surface area contributed by atoms with Gasteiger partial charge in [-0.15, -0.1) is 0 Å². The number of hydrogen-bond donors (Lipinski definition) is 2. The van der Waals surface area contributed by atoms with Crippen LogP contribution in [-0.2, 0) is 19.6 Å². The van der Waals surface area contributed by atoms with Gasteiger partial charge in [-0.05, 0) is 87.3 Å². The standard InChI is InChI=1S/C23H30ClN3O4S/c1-13-17(24)4-3-5-18(13)32(30,31)27(2)23(6-7-23)21(29)26-19-15-8-14-9-16(19)12-22(10-14,11-15)20(25)28/h3-5,14-16,19H,6-12H2,1-2H3,(H2,25,28)(H,26,29). The maximum atomic E-state index is 13.5. The lowest BCUT2D eigenvalue weighted by Gasteiger charge is -2.59. The average Bonchev–Trinajstić information content (AvgIpc) is 3.53. The van der Waals surface area contributed by atoms with Crippen molar-refractivity contribution in [3.63, 3.8) is 0 Å². The molecule has 2 atom stereocenters. The molecule has 0 spiro atoms. The topological polar surface area (TPSA) is 110 Å². The van der Waals surface area contributed by atoms with E-state index in [0.717, 1.165) is 32.1 Å². The largest absolute Gasteiger partial charge is 0.369 e. The van der Waals surface area contributed by atoms with Crippen LogP contribution in [0.4, 0.5) is 0 Å². The summed E-state index contributed by atoms with van der Waals surface area (Å²) in [5.41, 5.74) is 4.77. The van der Waals surface area contributed by atoms with Gasteiger partial charge in [0.15, 0.2) is 0 Å². The number of nitrogens with two attached hydrogens (primary N) is 1. The molecular weight excluding hydrogens is 450 g/mol. The molecule has 4 bridgehead atoms. The zero-order valence-electron chi connectivity index (χ0n) is 18.4. The molecule has 0 saturated heterocycles. The molecule has 0 radical (unpaired) electrons. The average molecular weight is 480 g/mol. The second kappa shape index (κ2) is 7.18. The van der Waals surface area contributed by atoms with Gasteiger partial charge in [0.25, 0.3) is 0 Å². The van der Waals surface area contributed by atoms with Crippen LogP contribution in [0.1, 0.15) is 50.5 Å². The van der Waals surface area contributed by atoms with Gasteiger partial charge in [0, 0.05) is 23.5 Å². The second-order valence-corrected chi connectivity index (χ2v) is 12.8. The molecule has 6 rings (SSSR count). The van der Waals surface area contributed by atoms with Gasteiger partial charge >= 0.3 is 0 Å². The van der Waals surface area contributed by atoms with E-state index in [1.165, 1.54) is 17.4 Å². The highest BCUT2D eigenvalue weighted by molar-refractivity contribution is 7.89. The second-order valence-electron chi connectivity index (χ2n) is 10.5. The van der Waals surface area contributed by atoms with E-state index in [-0.39, 0.29) is 34.6 Å². The molecule has 0 aliphatic heterocycles. The zero-order chi connectivity index (χ0) is 23.1. The Bertz CT molecular complexity index is 1080. The maximum Gasteiger partial charge on any atom is 0.244 e. The fourth-order valence-corrected chi connectivity index (χ4v) is 8.89. The number of carbonyl (C=O) groups is 2. The Morgan fingerprint density at radius 1 is 1.16 bits per heavy atom. The lowest BCUT2D eigenvalue weighted by atomic mass is 9.47. The molecule has 0 heterocycles. The molecule has 5 aliphatic carbocycles. The van der Waals surface area contributed by atoms with Gasteiger partial charge in [-0.2, -0.15) is 4.31 Å². The molecule has 7 nitrogen and oxygen atoms in total. The summed E-state index contributed by atoms with van der Waals surface area (Å²) < 4.78 is 28.0. The van der Waals surface area contributed by atoms with Crippen LogP contribution in [0.2, 0.25) is 5.02 Å².